The summed E-state index contributed by atoms with van der Waals surface area (Å²) in [5.41, 5.74) is 3.12. The van der Waals surface area contributed by atoms with Gasteiger partial charge in [0, 0.05) is 12.1 Å². The molecule has 27 heavy (non-hydrogen) atoms. The summed E-state index contributed by atoms with van der Waals surface area (Å²) in [6, 6.07) is 15.0. The first-order chi connectivity index (χ1) is 13.1. The summed E-state index contributed by atoms with van der Waals surface area (Å²) in [4.78, 5) is 25.5. The molecule has 0 bridgehead atoms. The van der Waals surface area contributed by atoms with Crippen molar-refractivity contribution < 1.29 is 4.79 Å². The number of amides is 1. The van der Waals surface area contributed by atoms with E-state index in [-0.39, 0.29) is 23.7 Å². The standard InChI is InChI=1S/C20H19N5O2/c1-3-17-22-23-19-20(27)24(15-9-4-5-10-16(15)25(17)19)12-18(26)21-14-8-6-7-13(2)11-14/h4-11H,3,12H2,1-2H3,(H,21,26). The smallest absolute Gasteiger partial charge is 0.297 e. The fourth-order valence-corrected chi connectivity index (χ4v) is 3.27. The largest absolute Gasteiger partial charge is 0.325 e. The third kappa shape index (κ3) is 2.97. The maximum Gasteiger partial charge on any atom is 0.297 e. The topological polar surface area (TPSA) is 81.3 Å². The van der Waals surface area contributed by atoms with Crippen LogP contribution in [0.1, 0.15) is 18.3 Å². The van der Waals surface area contributed by atoms with Crippen LogP contribution in [-0.4, -0.2) is 25.1 Å². The van der Waals surface area contributed by atoms with Gasteiger partial charge in [-0.2, -0.15) is 0 Å². The Morgan fingerprint density at radius 2 is 1.85 bits per heavy atom. The zero-order valence-electron chi connectivity index (χ0n) is 15.1. The summed E-state index contributed by atoms with van der Waals surface area (Å²) in [6.07, 6.45) is 0.655. The summed E-state index contributed by atoms with van der Waals surface area (Å²) in [7, 11) is 0. The maximum atomic E-state index is 13.0. The van der Waals surface area contributed by atoms with Gasteiger partial charge in [-0.05, 0) is 36.8 Å². The Bertz CT molecular complexity index is 1220. The Morgan fingerprint density at radius 3 is 2.59 bits per heavy atom. The monoisotopic (exact) mass is 361 g/mol. The fourth-order valence-electron chi connectivity index (χ4n) is 3.27. The zero-order valence-corrected chi connectivity index (χ0v) is 15.1. The van der Waals surface area contributed by atoms with Gasteiger partial charge in [-0.1, -0.05) is 31.2 Å². The van der Waals surface area contributed by atoms with Crippen LogP contribution < -0.4 is 10.9 Å². The van der Waals surface area contributed by atoms with Crippen LogP contribution in [0.5, 0.6) is 0 Å². The minimum atomic E-state index is -0.333. The van der Waals surface area contributed by atoms with E-state index < -0.39 is 0 Å². The Kier molecular flexibility index (Phi) is 4.19. The van der Waals surface area contributed by atoms with E-state index in [4.69, 9.17) is 0 Å². The first-order valence-corrected chi connectivity index (χ1v) is 8.80. The van der Waals surface area contributed by atoms with Gasteiger partial charge in [-0.15, -0.1) is 10.2 Å². The van der Waals surface area contributed by atoms with Gasteiger partial charge in [-0.3, -0.25) is 18.6 Å². The van der Waals surface area contributed by atoms with Crippen molar-refractivity contribution >= 4 is 28.3 Å². The number of hydrogen-bond donors (Lipinski definition) is 1. The predicted octanol–water partition coefficient (Wildman–Crippen LogP) is 2.55. The van der Waals surface area contributed by atoms with Crippen LogP contribution >= 0.6 is 0 Å². The molecule has 0 aliphatic heterocycles. The first-order valence-electron chi connectivity index (χ1n) is 8.80. The van der Waals surface area contributed by atoms with Gasteiger partial charge in [0.25, 0.3) is 5.56 Å². The molecule has 2 aromatic carbocycles. The summed E-state index contributed by atoms with van der Waals surface area (Å²) < 4.78 is 3.22. The van der Waals surface area contributed by atoms with Gasteiger partial charge < -0.3 is 5.32 Å². The number of fused-ring (bicyclic) bond motifs is 3. The molecule has 0 unspecified atom stereocenters. The zero-order chi connectivity index (χ0) is 19.0. The molecule has 0 saturated carbocycles. The van der Waals surface area contributed by atoms with Crippen LogP contribution in [0.2, 0.25) is 0 Å². The SMILES string of the molecule is CCc1nnc2c(=O)n(CC(=O)Nc3cccc(C)c3)c3ccccc3n12. The summed E-state index contributed by atoms with van der Waals surface area (Å²) in [6.45, 7) is 3.82. The molecule has 0 aliphatic carbocycles. The molecular weight excluding hydrogens is 342 g/mol. The second-order valence-corrected chi connectivity index (χ2v) is 6.43. The number of aromatic nitrogens is 4. The second-order valence-electron chi connectivity index (χ2n) is 6.43. The van der Waals surface area contributed by atoms with Crippen molar-refractivity contribution in [1.29, 1.82) is 0 Å². The van der Waals surface area contributed by atoms with E-state index in [0.717, 1.165) is 16.9 Å². The van der Waals surface area contributed by atoms with Crippen molar-refractivity contribution in [3.05, 3.63) is 70.3 Å². The van der Waals surface area contributed by atoms with Crippen LogP contribution in [0.25, 0.3) is 16.7 Å². The molecule has 7 heteroatoms. The molecule has 2 heterocycles. The fraction of sp³-hybridized carbons (Fsp3) is 0.200. The highest BCUT2D eigenvalue weighted by atomic mass is 16.2. The number of nitrogens with zero attached hydrogens (tertiary/aromatic N) is 4. The van der Waals surface area contributed by atoms with Gasteiger partial charge in [0.15, 0.2) is 0 Å². The molecule has 0 saturated heterocycles. The van der Waals surface area contributed by atoms with E-state index in [0.29, 0.717) is 17.6 Å². The molecule has 7 nitrogen and oxygen atoms in total. The lowest BCUT2D eigenvalue weighted by atomic mass is 10.2. The molecule has 4 aromatic rings. The molecule has 0 atom stereocenters. The average Bonchev–Trinajstić information content (AvgIpc) is 3.09. The Labute approximate surface area is 155 Å². The molecule has 1 N–H and O–H groups in total. The number of aryl methyl sites for hydroxylation is 2. The summed E-state index contributed by atoms with van der Waals surface area (Å²) >= 11 is 0. The highest BCUT2D eigenvalue weighted by Crippen LogP contribution is 2.16. The number of rotatable bonds is 4. The molecular formula is C20H19N5O2. The maximum absolute atomic E-state index is 13.0. The van der Waals surface area contributed by atoms with E-state index in [1.165, 1.54) is 4.57 Å². The van der Waals surface area contributed by atoms with E-state index in [9.17, 15) is 9.59 Å². The number of para-hydroxylation sites is 2. The number of anilines is 1. The lowest BCUT2D eigenvalue weighted by Crippen LogP contribution is -2.29. The van der Waals surface area contributed by atoms with Crippen molar-refractivity contribution in [2.45, 2.75) is 26.8 Å². The number of carbonyl (C=O) groups excluding carboxylic acids is 1. The first kappa shape index (κ1) is 17.0. The lowest BCUT2D eigenvalue weighted by molar-refractivity contribution is -0.116. The van der Waals surface area contributed by atoms with Crippen LogP contribution in [0.15, 0.2) is 53.3 Å². The van der Waals surface area contributed by atoms with Crippen molar-refractivity contribution in [2.24, 2.45) is 0 Å². The predicted molar refractivity (Wildman–Crippen MR) is 104 cm³/mol. The lowest BCUT2D eigenvalue weighted by Gasteiger charge is -2.12. The van der Waals surface area contributed by atoms with Crippen LogP contribution in [0.3, 0.4) is 0 Å². The number of benzene rings is 2. The van der Waals surface area contributed by atoms with Crippen LogP contribution in [0.4, 0.5) is 5.69 Å². The van der Waals surface area contributed by atoms with E-state index in [1.54, 1.807) is 4.40 Å². The minimum Gasteiger partial charge on any atom is -0.325 e. The van der Waals surface area contributed by atoms with Crippen molar-refractivity contribution in [2.75, 3.05) is 5.32 Å². The normalized spacial score (nSPS) is 11.2. The quantitative estimate of drug-likeness (QED) is 0.606. The van der Waals surface area contributed by atoms with Gasteiger partial charge in [-0.25, -0.2) is 0 Å². The third-order valence-corrected chi connectivity index (χ3v) is 4.50. The van der Waals surface area contributed by atoms with Crippen molar-refractivity contribution in [3.63, 3.8) is 0 Å². The van der Waals surface area contributed by atoms with Crippen LogP contribution in [-0.2, 0) is 17.8 Å². The molecule has 0 fully saturated rings. The van der Waals surface area contributed by atoms with E-state index in [1.807, 2.05) is 62.4 Å². The highest BCUT2D eigenvalue weighted by Gasteiger charge is 2.17. The number of carbonyl (C=O) groups is 1. The molecule has 0 spiro atoms. The summed E-state index contributed by atoms with van der Waals surface area (Å²) in [5, 5.41) is 11.0. The number of nitrogens with one attached hydrogen (secondary N) is 1. The Balaban J connectivity index is 1.80. The molecule has 0 radical (unpaired) electrons. The van der Waals surface area contributed by atoms with E-state index >= 15 is 0 Å². The molecule has 2 aromatic heterocycles. The van der Waals surface area contributed by atoms with Gasteiger partial charge >= 0.3 is 0 Å². The average molecular weight is 361 g/mol. The van der Waals surface area contributed by atoms with Crippen molar-refractivity contribution in [3.8, 4) is 0 Å². The molecule has 0 aliphatic rings. The van der Waals surface area contributed by atoms with Crippen LogP contribution in [0, 0.1) is 6.92 Å². The summed E-state index contributed by atoms with van der Waals surface area (Å²) in [5.74, 6) is 0.446. The Morgan fingerprint density at radius 1 is 1.07 bits per heavy atom. The minimum absolute atomic E-state index is 0.0991. The van der Waals surface area contributed by atoms with Gasteiger partial charge in [0.05, 0.1) is 11.0 Å². The third-order valence-electron chi connectivity index (χ3n) is 4.50. The molecule has 136 valence electrons. The molecule has 4 rings (SSSR count). The molecule has 1 amide bonds. The van der Waals surface area contributed by atoms with Crippen molar-refractivity contribution in [1.82, 2.24) is 19.2 Å². The highest BCUT2D eigenvalue weighted by molar-refractivity contribution is 5.91. The number of hydrogen-bond acceptors (Lipinski definition) is 4. The van der Waals surface area contributed by atoms with E-state index in [2.05, 4.69) is 15.5 Å². The van der Waals surface area contributed by atoms with Gasteiger partial charge in [0.1, 0.15) is 12.4 Å². The second kappa shape index (κ2) is 6.68. The van der Waals surface area contributed by atoms with Gasteiger partial charge in [0.2, 0.25) is 11.6 Å². The Hall–Kier alpha value is -3.48.